The quantitative estimate of drug-likeness (QED) is 0.354. The Morgan fingerprint density at radius 2 is 1.82 bits per heavy atom. The predicted molar refractivity (Wildman–Crippen MR) is 159 cm³/mol. The van der Waals surface area contributed by atoms with Crippen LogP contribution >= 0.6 is 11.6 Å². The number of rotatable bonds is 8. The zero-order chi connectivity index (χ0) is 28.4. The van der Waals surface area contributed by atoms with Gasteiger partial charge in [0.15, 0.2) is 0 Å². The molecule has 0 radical (unpaired) electrons. The number of aromatic nitrogens is 1. The van der Waals surface area contributed by atoms with Gasteiger partial charge in [0.1, 0.15) is 18.6 Å². The molecule has 1 atom stereocenters. The van der Waals surface area contributed by atoms with Gasteiger partial charge in [-0.3, -0.25) is 9.69 Å². The lowest BCUT2D eigenvalue weighted by molar-refractivity contribution is -0.118. The summed E-state index contributed by atoms with van der Waals surface area (Å²) >= 11 is 5.85. The number of pyridine rings is 1. The minimum absolute atomic E-state index is 0.0235. The Morgan fingerprint density at radius 1 is 1.07 bits per heavy atom. The van der Waals surface area contributed by atoms with Gasteiger partial charge in [-0.15, -0.1) is 0 Å². The van der Waals surface area contributed by atoms with Crippen molar-refractivity contribution >= 4 is 34.6 Å². The molecule has 2 aliphatic rings. The maximum absolute atomic E-state index is 14.1. The van der Waals surface area contributed by atoms with Crippen molar-refractivity contribution in [3.8, 4) is 5.88 Å². The molecule has 3 heterocycles. The van der Waals surface area contributed by atoms with Crippen molar-refractivity contribution in [2.75, 3.05) is 48.8 Å². The summed E-state index contributed by atoms with van der Waals surface area (Å²) in [4.78, 5) is 24.1. The van der Waals surface area contributed by atoms with E-state index >= 15 is 0 Å². The number of anilines is 3. The van der Waals surface area contributed by atoms with E-state index in [-0.39, 0.29) is 30.4 Å². The Bertz CT molecular complexity index is 1360. The topological polar surface area (TPSA) is 60.9 Å². The lowest BCUT2D eigenvalue weighted by Crippen LogP contribution is -2.49. The van der Waals surface area contributed by atoms with E-state index in [1.54, 1.807) is 12.1 Å². The second-order valence-electron chi connectivity index (χ2n) is 11.0. The Balaban J connectivity index is 1.16. The monoisotopic (exact) mass is 565 g/mol. The first kappa shape index (κ1) is 28.2. The van der Waals surface area contributed by atoms with Gasteiger partial charge in [0.2, 0.25) is 11.8 Å². The highest BCUT2D eigenvalue weighted by molar-refractivity contribution is 6.30. The van der Waals surface area contributed by atoms with Crippen LogP contribution in [0.15, 0.2) is 54.6 Å². The van der Waals surface area contributed by atoms with Crippen LogP contribution < -0.4 is 19.9 Å². The van der Waals surface area contributed by atoms with E-state index in [0.29, 0.717) is 22.4 Å². The Labute approximate surface area is 240 Å². The molecule has 0 aliphatic carbocycles. The number of benzene rings is 2. The van der Waals surface area contributed by atoms with Crippen molar-refractivity contribution in [2.24, 2.45) is 5.92 Å². The lowest BCUT2D eigenvalue weighted by atomic mass is 9.93. The Morgan fingerprint density at radius 3 is 2.55 bits per heavy atom. The van der Waals surface area contributed by atoms with Crippen molar-refractivity contribution in [1.29, 1.82) is 0 Å². The predicted octanol–water partition coefficient (Wildman–Crippen LogP) is 6.14. The number of fused-ring (bicyclic) bond motifs is 1. The molecule has 0 saturated carbocycles. The van der Waals surface area contributed by atoms with Gasteiger partial charge in [-0.1, -0.05) is 37.6 Å². The van der Waals surface area contributed by atoms with Crippen LogP contribution in [0.1, 0.15) is 43.9 Å². The highest BCUT2D eigenvalue weighted by Gasteiger charge is 2.34. The van der Waals surface area contributed by atoms with E-state index in [1.807, 2.05) is 32.0 Å². The Hall–Kier alpha value is -3.36. The molecule has 40 heavy (non-hydrogen) atoms. The SMILES string of the molecule is CC(C)C(=O)Nc1ccc2c(c1)N(C)C(CN1CCC(c3cccc(OCc4ccc(Cl)cc4F)n3)CC1)N2C. The molecule has 1 fully saturated rings. The molecule has 0 bridgehead atoms. The average molecular weight is 566 g/mol. The molecule has 2 aliphatic heterocycles. The maximum atomic E-state index is 14.1. The van der Waals surface area contributed by atoms with Gasteiger partial charge in [0.05, 0.1) is 11.4 Å². The molecule has 1 amide bonds. The lowest BCUT2D eigenvalue weighted by Gasteiger charge is -2.37. The van der Waals surface area contributed by atoms with Gasteiger partial charge in [-0.25, -0.2) is 9.37 Å². The zero-order valence-electron chi connectivity index (χ0n) is 23.5. The van der Waals surface area contributed by atoms with Crippen LogP contribution in [0.2, 0.25) is 5.02 Å². The first-order chi connectivity index (χ1) is 19.2. The first-order valence-electron chi connectivity index (χ1n) is 13.9. The fourth-order valence-electron chi connectivity index (χ4n) is 5.47. The fraction of sp³-hybridized carbons (Fsp3) is 0.419. The molecule has 2 aromatic carbocycles. The normalized spacial score (nSPS) is 17.8. The Kier molecular flexibility index (Phi) is 8.47. The maximum Gasteiger partial charge on any atom is 0.226 e. The summed E-state index contributed by atoms with van der Waals surface area (Å²) in [5.41, 5.74) is 4.60. The second kappa shape index (κ2) is 12.0. The molecule has 7 nitrogen and oxygen atoms in total. The highest BCUT2D eigenvalue weighted by atomic mass is 35.5. The minimum Gasteiger partial charge on any atom is -0.473 e. The molecule has 3 aromatic rings. The van der Waals surface area contributed by atoms with Crippen LogP contribution in [-0.4, -0.2) is 55.7 Å². The van der Waals surface area contributed by atoms with Crippen LogP contribution in [0.3, 0.4) is 0 Å². The molecule has 1 aromatic heterocycles. The molecule has 5 rings (SSSR count). The number of carbonyl (C=O) groups is 1. The van der Waals surface area contributed by atoms with Gasteiger partial charge in [-0.05, 0) is 62.3 Å². The third kappa shape index (κ3) is 6.18. The number of likely N-dealkylation sites (tertiary alicyclic amines) is 1. The number of nitrogens with zero attached hydrogens (tertiary/aromatic N) is 4. The van der Waals surface area contributed by atoms with Gasteiger partial charge < -0.3 is 19.9 Å². The number of carbonyl (C=O) groups excluding carboxylic acids is 1. The second-order valence-corrected chi connectivity index (χ2v) is 11.5. The standard InChI is InChI=1S/C31H37ClFN5O2/c1-20(2)31(39)34-24-10-11-27-28(17-24)37(4)30(36(27)3)18-38-14-12-21(13-15-38)26-6-5-7-29(35-26)40-19-22-8-9-23(32)16-25(22)33/h5-11,16-17,20-21,30H,12-15,18-19H2,1-4H3,(H,34,39). The number of nitrogens with one attached hydrogen (secondary N) is 1. The summed E-state index contributed by atoms with van der Waals surface area (Å²) in [7, 11) is 4.26. The smallest absolute Gasteiger partial charge is 0.226 e. The number of amides is 1. The van der Waals surface area contributed by atoms with E-state index in [0.717, 1.165) is 49.5 Å². The molecular weight excluding hydrogens is 529 g/mol. The number of hydrogen-bond donors (Lipinski definition) is 1. The van der Waals surface area contributed by atoms with Crippen LogP contribution in [0.4, 0.5) is 21.5 Å². The van der Waals surface area contributed by atoms with E-state index in [2.05, 4.69) is 52.3 Å². The van der Waals surface area contributed by atoms with Gasteiger partial charge >= 0.3 is 0 Å². The zero-order valence-corrected chi connectivity index (χ0v) is 24.3. The van der Waals surface area contributed by atoms with Crippen molar-refractivity contribution < 1.29 is 13.9 Å². The molecule has 9 heteroatoms. The number of ether oxygens (including phenoxy) is 1. The van der Waals surface area contributed by atoms with Crippen molar-refractivity contribution in [2.45, 2.75) is 45.4 Å². The first-order valence-corrected chi connectivity index (χ1v) is 14.2. The molecule has 0 spiro atoms. The highest BCUT2D eigenvalue weighted by Crippen LogP contribution is 2.40. The van der Waals surface area contributed by atoms with Gasteiger partial charge in [0.25, 0.3) is 0 Å². The van der Waals surface area contributed by atoms with Crippen molar-refractivity contribution in [3.63, 3.8) is 0 Å². The van der Waals surface area contributed by atoms with Crippen LogP contribution in [0.25, 0.3) is 0 Å². The molecule has 1 unspecified atom stereocenters. The summed E-state index contributed by atoms with van der Waals surface area (Å²) in [6.07, 6.45) is 2.24. The van der Waals surface area contributed by atoms with Crippen molar-refractivity contribution in [1.82, 2.24) is 9.88 Å². The number of hydrogen-bond acceptors (Lipinski definition) is 6. The fourth-order valence-corrected chi connectivity index (χ4v) is 5.62. The largest absolute Gasteiger partial charge is 0.473 e. The van der Waals surface area contributed by atoms with Gasteiger partial charge in [0, 0.05) is 60.5 Å². The molecule has 1 saturated heterocycles. The number of halogens is 2. The van der Waals surface area contributed by atoms with E-state index in [4.69, 9.17) is 21.3 Å². The van der Waals surface area contributed by atoms with E-state index in [1.165, 1.54) is 11.8 Å². The van der Waals surface area contributed by atoms with Crippen LogP contribution in [0, 0.1) is 11.7 Å². The third-order valence-electron chi connectivity index (χ3n) is 7.98. The number of piperidine rings is 1. The van der Waals surface area contributed by atoms with Crippen molar-refractivity contribution in [3.05, 3.63) is 76.7 Å². The molecular formula is C31H37ClFN5O2. The van der Waals surface area contributed by atoms with E-state index in [9.17, 15) is 9.18 Å². The van der Waals surface area contributed by atoms with Gasteiger partial charge in [-0.2, -0.15) is 0 Å². The summed E-state index contributed by atoms with van der Waals surface area (Å²) in [6.45, 7) is 6.79. The summed E-state index contributed by atoms with van der Waals surface area (Å²) in [5, 5.41) is 3.38. The average Bonchev–Trinajstić information content (AvgIpc) is 3.17. The summed E-state index contributed by atoms with van der Waals surface area (Å²) in [5.74, 6) is 0.445. The van der Waals surface area contributed by atoms with Crippen LogP contribution in [-0.2, 0) is 11.4 Å². The third-order valence-corrected chi connectivity index (χ3v) is 8.22. The summed E-state index contributed by atoms with van der Waals surface area (Å²) in [6, 6.07) is 16.6. The molecule has 212 valence electrons. The van der Waals surface area contributed by atoms with E-state index < -0.39 is 0 Å². The minimum atomic E-state index is -0.379. The molecule has 1 N–H and O–H groups in total. The number of likely N-dealkylation sites (N-methyl/N-ethyl adjacent to an activating group) is 2. The summed E-state index contributed by atoms with van der Waals surface area (Å²) < 4.78 is 19.9. The van der Waals surface area contributed by atoms with Crippen LogP contribution in [0.5, 0.6) is 5.88 Å².